The summed E-state index contributed by atoms with van der Waals surface area (Å²) in [5.41, 5.74) is 1.46. The van der Waals surface area contributed by atoms with E-state index >= 15 is 0 Å². The van der Waals surface area contributed by atoms with Crippen molar-refractivity contribution in [1.29, 1.82) is 0 Å². The van der Waals surface area contributed by atoms with Crippen LogP contribution < -0.4 is 5.32 Å². The maximum absolute atomic E-state index is 11.7. The van der Waals surface area contributed by atoms with Crippen LogP contribution in [0.25, 0.3) is 10.9 Å². The Bertz CT molecular complexity index is 667. The van der Waals surface area contributed by atoms with E-state index in [2.05, 4.69) is 10.3 Å². The molecule has 1 heterocycles. The van der Waals surface area contributed by atoms with Crippen LogP contribution in [0.1, 0.15) is 19.5 Å². The highest BCUT2D eigenvalue weighted by molar-refractivity contribution is 5.85. The van der Waals surface area contributed by atoms with Gasteiger partial charge in [-0.25, -0.2) is 4.79 Å². The third kappa shape index (κ3) is 3.78. The number of carboxylic acid groups (broad SMARTS) is 1. The topological polar surface area (TPSA) is 79.3 Å². The SMILES string of the molecule is CC(C)C(=O)N[C@@H](Cc1ccc2ccccc2n1)C(=O)O. The molecular formula is C16H18N2O3. The van der Waals surface area contributed by atoms with Gasteiger partial charge in [-0.3, -0.25) is 9.78 Å². The fourth-order valence-electron chi connectivity index (χ4n) is 1.97. The molecule has 0 unspecified atom stereocenters. The highest BCUT2D eigenvalue weighted by atomic mass is 16.4. The van der Waals surface area contributed by atoms with Crippen molar-refractivity contribution in [1.82, 2.24) is 10.3 Å². The molecule has 0 aliphatic carbocycles. The monoisotopic (exact) mass is 286 g/mol. The van der Waals surface area contributed by atoms with E-state index in [0.29, 0.717) is 5.69 Å². The van der Waals surface area contributed by atoms with Gasteiger partial charge in [-0.1, -0.05) is 38.1 Å². The fraction of sp³-hybridized carbons (Fsp3) is 0.312. The standard InChI is InChI=1S/C16H18N2O3/c1-10(2)15(19)18-14(16(20)21)9-12-8-7-11-5-3-4-6-13(11)17-12/h3-8,10,14H,9H2,1-2H3,(H,18,19)(H,20,21)/t14-/m0/s1. The van der Waals surface area contributed by atoms with Crippen LogP contribution in [0.2, 0.25) is 0 Å². The van der Waals surface area contributed by atoms with E-state index in [1.165, 1.54) is 0 Å². The number of aliphatic carboxylic acids is 1. The van der Waals surface area contributed by atoms with Crippen LogP contribution in [0.3, 0.4) is 0 Å². The molecule has 1 aromatic heterocycles. The predicted octanol–water partition coefficient (Wildman–Crippen LogP) is 2.00. The van der Waals surface area contributed by atoms with Crippen LogP contribution in [0.5, 0.6) is 0 Å². The Balaban J connectivity index is 2.18. The first-order valence-corrected chi connectivity index (χ1v) is 6.85. The summed E-state index contributed by atoms with van der Waals surface area (Å²) in [5.74, 6) is -1.58. The average Bonchev–Trinajstić information content (AvgIpc) is 2.46. The number of benzene rings is 1. The molecule has 2 rings (SSSR count). The van der Waals surface area contributed by atoms with Gasteiger partial charge in [0.25, 0.3) is 0 Å². The Morgan fingerprint density at radius 1 is 1.19 bits per heavy atom. The van der Waals surface area contributed by atoms with E-state index in [4.69, 9.17) is 0 Å². The van der Waals surface area contributed by atoms with Crippen molar-refractivity contribution in [3.05, 3.63) is 42.1 Å². The molecule has 0 spiro atoms. The molecule has 0 fully saturated rings. The van der Waals surface area contributed by atoms with Gasteiger partial charge in [-0.15, -0.1) is 0 Å². The number of aromatic nitrogens is 1. The summed E-state index contributed by atoms with van der Waals surface area (Å²) >= 11 is 0. The van der Waals surface area contributed by atoms with Crippen LogP contribution in [-0.2, 0) is 16.0 Å². The molecule has 2 N–H and O–H groups in total. The van der Waals surface area contributed by atoms with E-state index in [0.717, 1.165) is 10.9 Å². The van der Waals surface area contributed by atoms with E-state index in [9.17, 15) is 14.7 Å². The molecule has 110 valence electrons. The molecule has 21 heavy (non-hydrogen) atoms. The fourth-order valence-corrected chi connectivity index (χ4v) is 1.97. The van der Waals surface area contributed by atoms with Crippen molar-refractivity contribution >= 4 is 22.8 Å². The number of pyridine rings is 1. The van der Waals surface area contributed by atoms with Crippen LogP contribution >= 0.6 is 0 Å². The number of carboxylic acids is 1. The lowest BCUT2D eigenvalue weighted by atomic mass is 10.1. The van der Waals surface area contributed by atoms with Crippen molar-refractivity contribution in [3.63, 3.8) is 0 Å². The molecule has 0 aliphatic rings. The van der Waals surface area contributed by atoms with Crippen molar-refractivity contribution in [3.8, 4) is 0 Å². The van der Waals surface area contributed by atoms with Gasteiger partial charge in [-0.05, 0) is 12.1 Å². The quantitative estimate of drug-likeness (QED) is 0.881. The van der Waals surface area contributed by atoms with Crippen molar-refractivity contribution < 1.29 is 14.7 Å². The summed E-state index contributed by atoms with van der Waals surface area (Å²) < 4.78 is 0. The molecule has 0 aliphatic heterocycles. The minimum atomic E-state index is -1.06. The van der Waals surface area contributed by atoms with Gasteiger partial charge in [0.1, 0.15) is 6.04 Å². The zero-order valence-corrected chi connectivity index (χ0v) is 12.0. The number of amides is 1. The van der Waals surface area contributed by atoms with Gasteiger partial charge in [0.15, 0.2) is 0 Å². The van der Waals surface area contributed by atoms with Crippen LogP contribution in [-0.4, -0.2) is 28.0 Å². The first kappa shape index (κ1) is 15.0. The number of nitrogens with one attached hydrogen (secondary N) is 1. The van der Waals surface area contributed by atoms with Gasteiger partial charge < -0.3 is 10.4 Å². The Kier molecular flexibility index (Phi) is 4.52. The largest absolute Gasteiger partial charge is 0.480 e. The highest BCUT2D eigenvalue weighted by Gasteiger charge is 2.22. The van der Waals surface area contributed by atoms with E-state index in [1.54, 1.807) is 19.9 Å². The number of rotatable bonds is 5. The molecule has 1 atom stereocenters. The number of fused-ring (bicyclic) bond motifs is 1. The number of hydrogen-bond acceptors (Lipinski definition) is 3. The third-order valence-electron chi connectivity index (χ3n) is 3.21. The van der Waals surface area contributed by atoms with E-state index < -0.39 is 12.0 Å². The van der Waals surface area contributed by atoms with Gasteiger partial charge in [-0.2, -0.15) is 0 Å². The maximum atomic E-state index is 11.7. The zero-order chi connectivity index (χ0) is 15.4. The molecule has 5 heteroatoms. The Hall–Kier alpha value is -2.43. The second-order valence-electron chi connectivity index (χ2n) is 5.25. The van der Waals surface area contributed by atoms with Crippen LogP contribution in [0, 0.1) is 5.92 Å². The van der Waals surface area contributed by atoms with Crippen LogP contribution in [0.15, 0.2) is 36.4 Å². The third-order valence-corrected chi connectivity index (χ3v) is 3.21. The number of para-hydroxylation sites is 1. The Morgan fingerprint density at radius 3 is 2.57 bits per heavy atom. The predicted molar refractivity (Wildman–Crippen MR) is 79.9 cm³/mol. The number of nitrogens with zero attached hydrogens (tertiary/aromatic N) is 1. The van der Waals surface area contributed by atoms with Crippen molar-refractivity contribution in [2.45, 2.75) is 26.3 Å². The molecule has 0 bridgehead atoms. The number of carbonyl (C=O) groups is 2. The first-order chi connectivity index (χ1) is 9.97. The molecule has 0 saturated heterocycles. The summed E-state index contributed by atoms with van der Waals surface area (Å²) in [6.07, 6.45) is 0.165. The van der Waals surface area contributed by atoms with E-state index in [1.807, 2.05) is 30.3 Å². The molecule has 5 nitrogen and oxygen atoms in total. The summed E-state index contributed by atoms with van der Waals surface area (Å²) in [4.78, 5) is 27.4. The van der Waals surface area contributed by atoms with Gasteiger partial charge in [0.2, 0.25) is 5.91 Å². The molecule has 1 aromatic carbocycles. The summed E-state index contributed by atoms with van der Waals surface area (Å²) in [6.45, 7) is 3.45. The average molecular weight is 286 g/mol. The van der Waals surface area contributed by atoms with Gasteiger partial charge >= 0.3 is 5.97 Å². The normalized spacial score (nSPS) is 12.3. The number of hydrogen-bond donors (Lipinski definition) is 2. The number of carbonyl (C=O) groups excluding carboxylic acids is 1. The van der Waals surface area contributed by atoms with Gasteiger partial charge in [0, 0.05) is 23.4 Å². The first-order valence-electron chi connectivity index (χ1n) is 6.85. The van der Waals surface area contributed by atoms with E-state index in [-0.39, 0.29) is 18.2 Å². The maximum Gasteiger partial charge on any atom is 0.326 e. The zero-order valence-electron chi connectivity index (χ0n) is 12.0. The highest BCUT2D eigenvalue weighted by Crippen LogP contribution is 2.13. The molecule has 2 aromatic rings. The summed E-state index contributed by atoms with van der Waals surface area (Å²) in [6, 6.07) is 10.4. The minimum Gasteiger partial charge on any atom is -0.480 e. The summed E-state index contributed by atoms with van der Waals surface area (Å²) in [7, 11) is 0. The molecular weight excluding hydrogens is 268 g/mol. The second-order valence-corrected chi connectivity index (χ2v) is 5.25. The minimum absolute atomic E-state index is 0.165. The molecule has 0 saturated carbocycles. The van der Waals surface area contributed by atoms with Gasteiger partial charge in [0.05, 0.1) is 5.52 Å². The van der Waals surface area contributed by atoms with Crippen molar-refractivity contribution in [2.75, 3.05) is 0 Å². The lowest BCUT2D eigenvalue weighted by molar-refractivity contribution is -0.142. The lowest BCUT2D eigenvalue weighted by Crippen LogP contribution is -2.44. The second kappa shape index (κ2) is 6.35. The molecule has 0 radical (unpaired) electrons. The lowest BCUT2D eigenvalue weighted by Gasteiger charge is -2.16. The van der Waals surface area contributed by atoms with Crippen LogP contribution in [0.4, 0.5) is 0 Å². The smallest absolute Gasteiger partial charge is 0.326 e. The Labute approximate surface area is 123 Å². The van der Waals surface area contributed by atoms with Crippen molar-refractivity contribution in [2.24, 2.45) is 5.92 Å². The molecule has 1 amide bonds. The summed E-state index contributed by atoms with van der Waals surface area (Å²) in [5, 5.41) is 12.8. The Morgan fingerprint density at radius 2 is 1.90 bits per heavy atom.